The third-order valence-corrected chi connectivity index (χ3v) is 7.48. The number of nitro groups is 1. The zero-order chi connectivity index (χ0) is 27.7. The standard InChI is InChI=1S/C28H24BrN2O7P/c29-23-11-15-25(16-12-23)37-39(35,38-26-17-13-24(14-18-26)31(33)34)30-27(19-21-7-3-1-4-8-21)28(32)36-20-22-9-5-2-6-10-22/h1-18,27H,19-20H2,(H,30,35)/t27-,39?/m0/s1. The number of nitro benzene ring substituents is 1. The Morgan fingerprint density at radius 2 is 1.33 bits per heavy atom. The van der Waals surface area contributed by atoms with Crippen molar-refractivity contribution in [3.05, 3.63) is 135 Å². The summed E-state index contributed by atoms with van der Waals surface area (Å²) >= 11 is 3.34. The highest BCUT2D eigenvalue weighted by atomic mass is 79.9. The molecule has 39 heavy (non-hydrogen) atoms. The predicted molar refractivity (Wildman–Crippen MR) is 149 cm³/mol. The van der Waals surface area contributed by atoms with Gasteiger partial charge in [0.2, 0.25) is 0 Å². The van der Waals surface area contributed by atoms with E-state index in [0.717, 1.165) is 15.6 Å². The van der Waals surface area contributed by atoms with E-state index in [0.29, 0.717) is 0 Å². The summed E-state index contributed by atoms with van der Waals surface area (Å²) in [6.45, 7) is 0.0216. The molecule has 11 heteroatoms. The van der Waals surface area contributed by atoms with Crippen molar-refractivity contribution in [2.75, 3.05) is 0 Å². The van der Waals surface area contributed by atoms with Gasteiger partial charge in [0.15, 0.2) is 0 Å². The Kier molecular flexibility index (Phi) is 9.49. The van der Waals surface area contributed by atoms with Crippen LogP contribution in [0.25, 0.3) is 0 Å². The Hall–Kier alpha value is -3.98. The van der Waals surface area contributed by atoms with E-state index < -0.39 is 24.7 Å². The second-order valence-electron chi connectivity index (χ2n) is 8.35. The van der Waals surface area contributed by atoms with Crippen molar-refractivity contribution < 1.29 is 28.1 Å². The van der Waals surface area contributed by atoms with Crippen LogP contribution in [0.1, 0.15) is 11.1 Å². The van der Waals surface area contributed by atoms with Crippen molar-refractivity contribution in [1.82, 2.24) is 5.09 Å². The lowest BCUT2D eigenvalue weighted by atomic mass is 10.1. The molecule has 0 fully saturated rings. The molecule has 0 aliphatic carbocycles. The van der Waals surface area contributed by atoms with Gasteiger partial charge >= 0.3 is 13.7 Å². The van der Waals surface area contributed by atoms with Gasteiger partial charge in [-0.2, -0.15) is 5.09 Å². The van der Waals surface area contributed by atoms with Crippen LogP contribution < -0.4 is 14.1 Å². The van der Waals surface area contributed by atoms with Crippen LogP contribution in [0, 0.1) is 10.1 Å². The van der Waals surface area contributed by atoms with Crippen molar-refractivity contribution in [3.63, 3.8) is 0 Å². The molecule has 0 amide bonds. The molecule has 0 saturated heterocycles. The maximum Gasteiger partial charge on any atom is 0.513 e. The molecule has 0 aliphatic rings. The van der Waals surface area contributed by atoms with Gasteiger partial charge in [-0.05, 0) is 53.9 Å². The minimum Gasteiger partial charge on any atom is -0.460 e. The molecule has 200 valence electrons. The number of nitrogens with one attached hydrogen (secondary N) is 1. The maximum absolute atomic E-state index is 14.1. The van der Waals surface area contributed by atoms with Crippen LogP contribution in [0.2, 0.25) is 0 Å². The van der Waals surface area contributed by atoms with E-state index in [1.807, 2.05) is 60.7 Å². The van der Waals surface area contributed by atoms with Crippen molar-refractivity contribution in [3.8, 4) is 11.5 Å². The van der Waals surface area contributed by atoms with Crippen molar-refractivity contribution in [2.45, 2.75) is 19.1 Å². The lowest BCUT2D eigenvalue weighted by molar-refractivity contribution is -0.384. The molecule has 9 nitrogen and oxygen atoms in total. The molecule has 0 aliphatic heterocycles. The molecule has 1 N–H and O–H groups in total. The molecule has 4 aromatic carbocycles. The summed E-state index contributed by atoms with van der Waals surface area (Å²) in [6.07, 6.45) is 0.131. The zero-order valence-corrected chi connectivity index (χ0v) is 23.0. The highest BCUT2D eigenvalue weighted by Gasteiger charge is 2.36. The fraction of sp³-hybridized carbons (Fsp3) is 0.107. The van der Waals surface area contributed by atoms with Gasteiger partial charge in [-0.1, -0.05) is 76.6 Å². The molecule has 0 radical (unpaired) electrons. The third-order valence-electron chi connectivity index (χ3n) is 5.42. The Morgan fingerprint density at radius 1 is 0.821 bits per heavy atom. The van der Waals surface area contributed by atoms with Crippen molar-refractivity contribution in [1.29, 1.82) is 0 Å². The predicted octanol–water partition coefficient (Wildman–Crippen LogP) is 6.87. The average Bonchev–Trinajstić information content (AvgIpc) is 2.94. The van der Waals surface area contributed by atoms with E-state index in [9.17, 15) is 19.5 Å². The fourth-order valence-electron chi connectivity index (χ4n) is 3.52. The van der Waals surface area contributed by atoms with Gasteiger partial charge in [0, 0.05) is 16.6 Å². The van der Waals surface area contributed by atoms with Crippen LogP contribution >= 0.6 is 23.7 Å². The summed E-state index contributed by atoms with van der Waals surface area (Å²) in [6, 6.07) is 28.8. The highest BCUT2D eigenvalue weighted by molar-refractivity contribution is 9.10. The second kappa shape index (κ2) is 13.2. The number of esters is 1. The second-order valence-corrected chi connectivity index (χ2v) is 10.9. The first-order valence-corrected chi connectivity index (χ1v) is 14.1. The molecule has 2 atom stereocenters. The Labute approximate surface area is 233 Å². The van der Waals surface area contributed by atoms with Crippen LogP contribution in [-0.4, -0.2) is 16.9 Å². The molecular formula is C28H24BrN2O7P. The van der Waals surface area contributed by atoms with Crippen LogP contribution in [-0.2, 0) is 27.1 Å². The maximum atomic E-state index is 14.1. The first-order chi connectivity index (χ1) is 18.8. The monoisotopic (exact) mass is 610 g/mol. The Balaban J connectivity index is 1.62. The third kappa shape index (κ3) is 8.51. The zero-order valence-electron chi connectivity index (χ0n) is 20.5. The number of non-ortho nitro benzene ring substituents is 1. The smallest absolute Gasteiger partial charge is 0.460 e. The summed E-state index contributed by atoms with van der Waals surface area (Å²) in [4.78, 5) is 23.8. The van der Waals surface area contributed by atoms with Crippen LogP contribution in [0.5, 0.6) is 11.5 Å². The lowest BCUT2D eigenvalue weighted by Gasteiger charge is -2.25. The van der Waals surface area contributed by atoms with E-state index >= 15 is 0 Å². The normalized spacial score (nSPS) is 13.1. The first kappa shape index (κ1) is 28.0. The van der Waals surface area contributed by atoms with Gasteiger partial charge < -0.3 is 13.8 Å². The number of nitrogens with zero attached hydrogens (tertiary/aromatic N) is 1. The van der Waals surface area contributed by atoms with Crippen LogP contribution in [0.3, 0.4) is 0 Å². The number of ether oxygens (including phenoxy) is 1. The quantitative estimate of drug-likeness (QED) is 0.0799. The fourth-order valence-corrected chi connectivity index (χ4v) is 5.31. The summed E-state index contributed by atoms with van der Waals surface area (Å²) in [5.74, 6) is -0.397. The number of carbonyl (C=O) groups excluding carboxylic acids is 1. The highest BCUT2D eigenvalue weighted by Crippen LogP contribution is 2.46. The van der Waals surface area contributed by atoms with E-state index in [2.05, 4.69) is 21.0 Å². The van der Waals surface area contributed by atoms with Crippen LogP contribution in [0.4, 0.5) is 5.69 Å². The van der Waals surface area contributed by atoms with Gasteiger partial charge in [0.1, 0.15) is 24.1 Å². The topological polar surface area (TPSA) is 117 Å². The first-order valence-electron chi connectivity index (χ1n) is 11.8. The molecule has 1 unspecified atom stereocenters. The molecule has 4 aromatic rings. The summed E-state index contributed by atoms with van der Waals surface area (Å²) < 4.78 is 32.0. The van der Waals surface area contributed by atoms with Crippen molar-refractivity contribution >= 4 is 35.3 Å². The average molecular weight is 611 g/mol. The number of halogens is 1. The van der Waals surface area contributed by atoms with E-state index in [1.165, 1.54) is 24.3 Å². The molecule has 4 rings (SSSR count). The number of carbonyl (C=O) groups is 1. The van der Waals surface area contributed by atoms with E-state index in [-0.39, 0.29) is 30.2 Å². The largest absolute Gasteiger partial charge is 0.513 e. The summed E-state index contributed by atoms with van der Waals surface area (Å²) in [5.41, 5.74) is 1.42. The SMILES string of the molecule is O=C(OCc1ccccc1)[C@H](Cc1ccccc1)NP(=O)(Oc1ccc(Br)cc1)Oc1ccc([N+](=O)[O-])cc1. The molecule has 0 saturated carbocycles. The van der Waals surface area contributed by atoms with Crippen molar-refractivity contribution in [2.24, 2.45) is 0 Å². The summed E-state index contributed by atoms with van der Waals surface area (Å²) in [5, 5.41) is 13.8. The number of hydrogen-bond acceptors (Lipinski definition) is 7. The molecule has 0 heterocycles. The number of hydrogen-bond donors (Lipinski definition) is 1. The Morgan fingerprint density at radius 3 is 1.87 bits per heavy atom. The van der Waals surface area contributed by atoms with Gasteiger partial charge in [0.05, 0.1) is 4.92 Å². The lowest BCUT2D eigenvalue weighted by Crippen LogP contribution is -2.40. The summed E-state index contributed by atoms with van der Waals surface area (Å²) in [7, 11) is -4.30. The van der Waals surface area contributed by atoms with E-state index in [4.69, 9.17) is 13.8 Å². The number of rotatable bonds is 12. The van der Waals surface area contributed by atoms with Gasteiger partial charge in [0.25, 0.3) is 5.69 Å². The minimum absolute atomic E-state index is 0.0216. The van der Waals surface area contributed by atoms with Crippen LogP contribution in [0.15, 0.2) is 114 Å². The van der Waals surface area contributed by atoms with Gasteiger partial charge in [-0.25, -0.2) is 4.57 Å². The molecule has 0 aromatic heterocycles. The Bertz CT molecular complexity index is 1440. The minimum atomic E-state index is -4.30. The van der Waals surface area contributed by atoms with E-state index in [1.54, 1.807) is 24.3 Å². The molecule has 0 spiro atoms. The molecule has 0 bridgehead atoms. The molecular weight excluding hydrogens is 587 g/mol. The van der Waals surface area contributed by atoms with Gasteiger partial charge in [-0.3, -0.25) is 14.9 Å². The number of benzene rings is 4. The van der Waals surface area contributed by atoms with Gasteiger partial charge in [-0.15, -0.1) is 0 Å².